The van der Waals surface area contributed by atoms with Gasteiger partial charge in [-0.25, -0.2) is 0 Å². The minimum absolute atomic E-state index is 0.0314. The van der Waals surface area contributed by atoms with E-state index in [4.69, 9.17) is 16.3 Å². The Bertz CT molecular complexity index is 682. The topological polar surface area (TPSA) is 50.4 Å². The van der Waals surface area contributed by atoms with Crippen LogP contribution in [0.25, 0.3) is 11.1 Å². The van der Waals surface area contributed by atoms with E-state index < -0.39 is 0 Å². The fourth-order valence-electron chi connectivity index (χ4n) is 2.83. The van der Waals surface area contributed by atoms with Gasteiger partial charge in [-0.1, -0.05) is 48.0 Å². The van der Waals surface area contributed by atoms with Crippen LogP contribution in [0, 0.1) is 0 Å². The molecule has 24 heavy (non-hydrogen) atoms. The lowest BCUT2D eigenvalue weighted by molar-refractivity contribution is -0.122. The Morgan fingerprint density at radius 3 is 2.75 bits per heavy atom. The second-order valence-corrected chi connectivity index (χ2v) is 6.31. The Morgan fingerprint density at radius 1 is 1.21 bits per heavy atom. The van der Waals surface area contributed by atoms with Gasteiger partial charge in [-0.2, -0.15) is 0 Å². The average molecular weight is 345 g/mol. The molecule has 126 valence electrons. The number of amides is 1. The van der Waals surface area contributed by atoms with Gasteiger partial charge in [0.05, 0.1) is 13.2 Å². The molecule has 2 aromatic rings. The van der Waals surface area contributed by atoms with Crippen LogP contribution < -0.4 is 10.6 Å². The SMILES string of the molecule is O=C(CC1COCCN1)NCc1ccccc1-c1ccc(Cl)cc1. The zero-order valence-electron chi connectivity index (χ0n) is 13.4. The summed E-state index contributed by atoms with van der Waals surface area (Å²) < 4.78 is 5.38. The molecule has 1 atom stereocenters. The van der Waals surface area contributed by atoms with Crippen LogP contribution in [0.1, 0.15) is 12.0 Å². The summed E-state index contributed by atoms with van der Waals surface area (Å²) >= 11 is 5.96. The van der Waals surface area contributed by atoms with Gasteiger partial charge < -0.3 is 15.4 Å². The van der Waals surface area contributed by atoms with E-state index in [0.29, 0.717) is 31.2 Å². The normalized spacial score (nSPS) is 17.5. The average Bonchev–Trinajstić information content (AvgIpc) is 2.62. The smallest absolute Gasteiger partial charge is 0.221 e. The van der Waals surface area contributed by atoms with Crippen LogP contribution >= 0.6 is 11.6 Å². The molecule has 5 heteroatoms. The first-order chi connectivity index (χ1) is 11.7. The third-order valence-corrected chi connectivity index (χ3v) is 4.33. The fraction of sp³-hybridized carbons (Fsp3) is 0.316. The maximum Gasteiger partial charge on any atom is 0.221 e. The number of ether oxygens (including phenoxy) is 1. The number of carbonyl (C=O) groups excluding carboxylic acids is 1. The summed E-state index contributed by atoms with van der Waals surface area (Å²) in [4.78, 5) is 12.2. The van der Waals surface area contributed by atoms with Gasteiger partial charge in [0.15, 0.2) is 0 Å². The molecule has 0 aliphatic carbocycles. The third-order valence-electron chi connectivity index (χ3n) is 4.08. The van der Waals surface area contributed by atoms with Crippen molar-refractivity contribution in [1.29, 1.82) is 0 Å². The van der Waals surface area contributed by atoms with Gasteiger partial charge in [0.2, 0.25) is 5.91 Å². The molecule has 1 amide bonds. The highest BCUT2D eigenvalue weighted by Gasteiger charge is 2.16. The summed E-state index contributed by atoms with van der Waals surface area (Å²) in [5.74, 6) is 0.0314. The van der Waals surface area contributed by atoms with Gasteiger partial charge in [-0.05, 0) is 28.8 Å². The van der Waals surface area contributed by atoms with Crippen molar-refractivity contribution in [2.75, 3.05) is 19.8 Å². The number of carbonyl (C=O) groups is 1. The van der Waals surface area contributed by atoms with E-state index in [1.165, 1.54) is 0 Å². The molecule has 1 aliphatic rings. The third kappa shape index (κ3) is 4.57. The Kier molecular flexibility index (Phi) is 5.86. The van der Waals surface area contributed by atoms with Crippen LogP contribution in [0.4, 0.5) is 0 Å². The molecule has 3 rings (SSSR count). The first-order valence-corrected chi connectivity index (χ1v) is 8.52. The van der Waals surface area contributed by atoms with Crippen molar-refractivity contribution in [2.24, 2.45) is 0 Å². The van der Waals surface area contributed by atoms with E-state index in [0.717, 1.165) is 23.2 Å². The molecule has 1 heterocycles. The molecule has 2 aromatic carbocycles. The largest absolute Gasteiger partial charge is 0.378 e. The molecular weight excluding hydrogens is 324 g/mol. The summed E-state index contributed by atoms with van der Waals surface area (Å²) in [7, 11) is 0. The molecule has 1 fully saturated rings. The second-order valence-electron chi connectivity index (χ2n) is 5.87. The standard InChI is InChI=1S/C19H21ClN2O2/c20-16-7-5-14(6-8-16)18-4-2-1-3-15(18)12-22-19(23)11-17-13-24-10-9-21-17/h1-8,17,21H,9-13H2,(H,22,23). The molecule has 1 aliphatic heterocycles. The van der Waals surface area contributed by atoms with E-state index in [2.05, 4.69) is 16.7 Å². The summed E-state index contributed by atoms with van der Waals surface area (Å²) in [5.41, 5.74) is 3.28. The van der Waals surface area contributed by atoms with Crippen molar-refractivity contribution in [3.05, 3.63) is 59.1 Å². The highest BCUT2D eigenvalue weighted by atomic mass is 35.5. The Morgan fingerprint density at radius 2 is 2.00 bits per heavy atom. The lowest BCUT2D eigenvalue weighted by Crippen LogP contribution is -2.44. The van der Waals surface area contributed by atoms with Crippen molar-refractivity contribution in [2.45, 2.75) is 19.0 Å². The van der Waals surface area contributed by atoms with Gasteiger partial charge in [0.25, 0.3) is 0 Å². The molecule has 0 aromatic heterocycles. The minimum Gasteiger partial charge on any atom is -0.378 e. The second kappa shape index (κ2) is 8.29. The van der Waals surface area contributed by atoms with Gasteiger partial charge in [0, 0.05) is 30.6 Å². The predicted molar refractivity (Wildman–Crippen MR) is 96.0 cm³/mol. The van der Waals surface area contributed by atoms with Gasteiger partial charge in [0.1, 0.15) is 0 Å². The van der Waals surface area contributed by atoms with Crippen molar-refractivity contribution in [3.63, 3.8) is 0 Å². The van der Waals surface area contributed by atoms with Crippen LogP contribution in [-0.4, -0.2) is 31.7 Å². The number of benzene rings is 2. The summed E-state index contributed by atoms with van der Waals surface area (Å²) in [6.45, 7) is 2.62. The van der Waals surface area contributed by atoms with Crippen LogP contribution in [-0.2, 0) is 16.1 Å². The monoisotopic (exact) mass is 344 g/mol. The number of rotatable bonds is 5. The zero-order chi connectivity index (χ0) is 16.8. The quantitative estimate of drug-likeness (QED) is 0.876. The first-order valence-electron chi connectivity index (χ1n) is 8.14. The summed E-state index contributed by atoms with van der Waals surface area (Å²) in [5, 5.41) is 7.01. The molecule has 0 bridgehead atoms. The lowest BCUT2D eigenvalue weighted by atomic mass is 9.99. The molecular formula is C19H21ClN2O2. The molecule has 1 unspecified atom stereocenters. The van der Waals surface area contributed by atoms with Crippen molar-refractivity contribution >= 4 is 17.5 Å². The van der Waals surface area contributed by atoms with E-state index in [9.17, 15) is 4.79 Å². The number of morpholine rings is 1. The summed E-state index contributed by atoms with van der Waals surface area (Å²) in [6.07, 6.45) is 0.434. The maximum atomic E-state index is 12.2. The number of halogens is 1. The Hall–Kier alpha value is -1.88. The Balaban J connectivity index is 1.62. The van der Waals surface area contributed by atoms with Gasteiger partial charge in [-0.3, -0.25) is 4.79 Å². The highest BCUT2D eigenvalue weighted by Crippen LogP contribution is 2.25. The van der Waals surface area contributed by atoms with Crippen molar-refractivity contribution < 1.29 is 9.53 Å². The van der Waals surface area contributed by atoms with Gasteiger partial charge in [-0.15, -0.1) is 0 Å². The van der Waals surface area contributed by atoms with Crippen molar-refractivity contribution in [1.82, 2.24) is 10.6 Å². The molecule has 0 spiro atoms. The fourth-order valence-corrected chi connectivity index (χ4v) is 2.95. The van der Waals surface area contributed by atoms with E-state index >= 15 is 0 Å². The van der Waals surface area contributed by atoms with Crippen LogP contribution in [0.3, 0.4) is 0 Å². The molecule has 0 saturated carbocycles. The molecule has 4 nitrogen and oxygen atoms in total. The first kappa shape index (κ1) is 17.0. The summed E-state index contributed by atoms with van der Waals surface area (Å²) in [6, 6.07) is 15.9. The minimum atomic E-state index is 0.0314. The number of hydrogen-bond acceptors (Lipinski definition) is 3. The lowest BCUT2D eigenvalue weighted by Gasteiger charge is -2.23. The number of nitrogens with one attached hydrogen (secondary N) is 2. The number of hydrogen-bond donors (Lipinski definition) is 2. The van der Waals surface area contributed by atoms with E-state index in [1.807, 2.05) is 42.5 Å². The van der Waals surface area contributed by atoms with Crippen LogP contribution in [0.5, 0.6) is 0 Å². The van der Waals surface area contributed by atoms with Crippen molar-refractivity contribution in [3.8, 4) is 11.1 Å². The molecule has 1 saturated heterocycles. The predicted octanol–water partition coefficient (Wildman–Crippen LogP) is 3.00. The van der Waals surface area contributed by atoms with Crippen LogP contribution in [0.15, 0.2) is 48.5 Å². The van der Waals surface area contributed by atoms with Crippen LogP contribution in [0.2, 0.25) is 5.02 Å². The zero-order valence-corrected chi connectivity index (χ0v) is 14.2. The van der Waals surface area contributed by atoms with E-state index in [-0.39, 0.29) is 11.9 Å². The molecule has 2 N–H and O–H groups in total. The maximum absolute atomic E-state index is 12.2. The van der Waals surface area contributed by atoms with E-state index in [1.54, 1.807) is 0 Å². The van der Waals surface area contributed by atoms with Gasteiger partial charge >= 0.3 is 0 Å². The highest BCUT2D eigenvalue weighted by molar-refractivity contribution is 6.30. The Labute approximate surface area is 147 Å². The molecule has 0 radical (unpaired) electrons.